The standard InChI is InChI=1S/C25H22Br2N4/c1-3-14(4-2)23-17-7-5-15(28-17)13-16-6-8-19(29-16)24(26)21-11-12-22(31-21)25(27)20-10-9-18(23)30-20/h5-14,28-29H,3-4H2,1-2H3. The number of hydrogen-bond acceptors (Lipinski definition) is 2. The van der Waals surface area contributed by atoms with Crippen molar-refractivity contribution in [2.24, 2.45) is 0 Å². The topological polar surface area (TPSA) is 57.4 Å². The normalized spacial score (nSPS) is 12.8. The number of halogens is 2. The van der Waals surface area contributed by atoms with Gasteiger partial charge in [0.1, 0.15) is 0 Å². The Bertz CT molecular complexity index is 1390. The molecule has 31 heavy (non-hydrogen) atoms. The Balaban J connectivity index is 1.92. The van der Waals surface area contributed by atoms with Crippen LogP contribution in [0, 0.1) is 0 Å². The summed E-state index contributed by atoms with van der Waals surface area (Å²) in [7, 11) is 0. The van der Waals surface area contributed by atoms with Crippen molar-refractivity contribution in [3.05, 3.63) is 67.6 Å². The molecule has 0 atom stereocenters. The molecule has 6 heteroatoms. The van der Waals surface area contributed by atoms with Crippen molar-refractivity contribution in [3.63, 3.8) is 0 Å². The molecule has 5 rings (SSSR count). The molecule has 8 bridgehead atoms. The van der Waals surface area contributed by atoms with Crippen molar-refractivity contribution in [3.8, 4) is 0 Å². The summed E-state index contributed by atoms with van der Waals surface area (Å²) in [5.41, 5.74) is 9.13. The summed E-state index contributed by atoms with van der Waals surface area (Å²) in [6, 6.07) is 10.6. The van der Waals surface area contributed by atoms with Gasteiger partial charge in [0.2, 0.25) is 0 Å². The van der Waals surface area contributed by atoms with Gasteiger partial charge in [0.05, 0.1) is 37.2 Å². The van der Waals surface area contributed by atoms with Gasteiger partial charge in [-0.1, -0.05) is 13.8 Å². The largest absolute Gasteiger partial charge is 0.355 e. The molecule has 5 heterocycles. The second-order valence-corrected chi connectivity index (χ2v) is 9.37. The molecule has 3 aromatic rings. The average Bonchev–Trinajstić information content (AvgIpc) is 3.58. The van der Waals surface area contributed by atoms with E-state index in [1.165, 1.54) is 5.56 Å². The Labute approximate surface area is 197 Å². The van der Waals surface area contributed by atoms with Gasteiger partial charge in [-0.25, -0.2) is 9.97 Å². The van der Waals surface area contributed by atoms with E-state index in [4.69, 9.17) is 9.97 Å². The Morgan fingerprint density at radius 1 is 0.710 bits per heavy atom. The van der Waals surface area contributed by atoms with Gasteiger partial charge in [-0.05, 0) is 105 Å². The molecule has 4 nitrogen and oxygen atoms in total. The first-order valence-corrected chi connectivity index (χ1v) is 12.1. The molecule has 0 aliphatic carbocycles. The van der Waals surface area contributed by atoms with E-state index in [0.717, 1.165) is 66.6 Å². The number of hydrogen-bond donors (Lipinski definition) is 2. The molecular weight excluding hydrogens is 516 g/mol. The number of H-pyrrole nitrogens is 2. The van der Waals surface area contributed by atoms with Crippen LogP contribution in [0.3, 0.4) is 0 Å². The van der Waals surface area contributed by atoms with E-state index >= 15 is 0 Å². The highest BCUT2D eigenvalue weighted by Crippen LogP contribution is 2.34. The van der Waals surface area contributed by atoms with E-state index in [1.807, 2.05) is 12.2 Å². The lowest BCUT2D eigenvalue weighted by atomic mass is 9.92. The van der Waals surface area contributed by atoms with Gasteiger partial charge >= 0.3 is 0 Å². The summed E-state index contributed by atoms with van der Waals surface area (Å²) in [4.78, 5) is 16.9. The first kappa shape index (κ1) is 20.5. The van der Waals surface area contributed by atoms with Crippen molar-refractivity contribution < 1.29 is 0 Å². The van der Waals surface area contributed by atoms with Crippen LogP contribution in [-0.2, 0) is 0 Å². The van der Waals surface area contributed by atoms with Gasteiger partial charge in [-0.2, -0.15) is 0 Å². The van der Waals surface area contributed by atoms with Crippen molar-refractivity contribution in [1.82, 2.24) is 19.9 Å². The van der Waals surface area contributed by atoms with Gasteiger partial charge in [-0.3, -0.25) is 0 Å². The van der Waals surface area contributed by atoms with Gasteiger partial charge < -0.3 is 9.97 Å². The minimum Gasteiger partial charge on any atom is -0.355 e. The lowest BCUT2D eigenvalue weighted by Gasteiger charge is -2.14. The zero-order valence-corrected chi connectivity index (χ0v) is 20.5. The summed E-state index contributed by atoms with van der Waals surface area (Å²) in [6.07, 6.45) is 10.4. The molecule has 156 valence electrons. The van der Waals surface area contributed by atoms with E-state index in [9.17, 15) is 0 Å². The molecule has 2 aliphatic rings. The van der Waals surface area contributed by atoms with Crippen LogP contribution in [0.2, 0.25) is 0 Å². The Hall–Kier alpha value is -2.44. The molecule has 2 N–H and O–H groups in total. The van der Waals surface area contributed by atoms with E-state index in [0.29, 0.717) is 5.92 Å². The predicted molar refractivity (Wildman–Crippen MR) is 138 cm³/mol. The van der Waals surface area contributed by atoms with Crippen LogP contribution in [0.25, 0.3) is 46.4 Å². The maximum absolute atomic E-state index is 5.00. The lowest BCUT2D eigenvalue weighted by molar-refractivity contribution is 0.642. The van der Waals surface area contributed by atoms with E-state index in [1.54, 1.807) is 0 Å². The monoisotopic (exact) mass is 536 g/mol. The highest BCUT2D eigenvalue weighted by molar-refractivity contribution is 9.11. The molecule has 0 saturated heterocycles. The SMILES string of the molecule is CCC(CC)c1c2nc(c(Br)c3nc(c(Br)c4ccc(cc5ccc1[nH]5)[nH]4)C=C3)C=C2. The van der Waals surface area contributed by atoms with E-state index < -0.39 is 0 Å². The smallest absolute Gasteiger partial charge is 0.0802 e. The van der Waals surface area contributed by atoms with Crippen molar-refractivity contribution in [1.29, 1.82) is 0 Å². The van der Waals surface area contributed by atoms with E-state index in [2.05, 4.69) is 98.2 Å². The highest BCUT2D eigenvalue weighted by Gasteiger charge is 2.18. The molecular formula is C25H22Br2N4. The predicted octanol–water partition coefficient (Wildman–Crippen LogP) is 8.08. The molecule has 0 aromatic carbocycles. The Morgan fingerprint density at radius 3 is 1.87 bits per heavy atom. The number of nitrogens with zero attached hydrogens (tertiary/aromatic N) is 2. The second kappa shape index (κ2) is 8.24. The van der Waals surface area contributed by atoms with Crippen molar-refractivity contribution >= 4 is 78.2 Å². The minimum atomic E-state index is 0.429. The summed E-state index contributed by atoms with van der Waals surface area (Å²) < 4.78 is 1.83. The lowest BCUT2D eigenvalue weighted by Crippen LogP contribution is -1.99. The zero-order valence-electron chi connectivity index (χ0n) is 17.3. The molecule has 2 aliphatic heterocycles. The van der Waals surface area contributed by atoms with Crippen LogP contribution in [0.4, 0.5) is 0 Å². The molecule has 0 spiro atoms. The highest BCUT2D eigenvalue weighted by atomic mass is 79.9. The summed E-state index contributed by atoms with van der Waals surface area (Å²) in [5.74, 6) is 0.429. The summed E-state index contributed by atoms with van der Waals surface area (Å²) >= 11 is 7.46. The quantitative estimate of drug-likeness (QED) is 0.244. The first-order chi connectivity index (χ1) is 15.1. The van der Waals surface area contributed by atoms with Gasteiger partial charge in [0.25, 0.3) is 0 Å². The number of aromatic amines is 2. The minimum absolute atomic E-state index is 0.429. The number of fused-ring (bicyclic) bond motifs is 8. The zero-order chi connectivity index (χ0) is 21.5. The molecule has 0 unspecified atom stereocenters. The Morgan fingerprint density at radius 2 is 1.23 bits per heavy atom. The summed E-state index contributed by atoms with van der Waals surface area (Å²) in [6.45, 7) is 4.48. The molecule has 0 saturated carbocycles. The average molecular weight is 538 g/mol. The van der Waals surface area contributed by atoms with Crippen LogP contribution in [0.15, 0.2) is 39.3 Å². The van der Waals surface area contributed by atoms with Crippen LogP contribution < -0.4 is 0 Å². The third-order valence-electron chi connectivity index (χ3n) is 5.88. The van der Waals surface area contributed by atoms with Crippen LogP contribution in [0.5, 0.6) is 0 Å². The van der Waals surface area contributed by atoms with Crippen molar-refractivity contribution in [2.75, 3.05) is 0 Å². The van der Waals surface area contributed by atoms with Crippen LogP contribution in [-0.4, -0.2) is 19.9 Å². The van der Waals surface area contributed by atoms with Crippen molar-refractivity contribution in [2.45, 2.75) is 32.6 Å². The van der Waals surface area contributed by atoms with Gasteiger partial charge in [0, 0.05) is 22.1 Å². The van der Waals surface area contributed by atoms with E-state index in [-0.39, 0.29) is 0 Å². The van der Waals surface area contributed by atoms with Gasteiger partial charge in [0.15, 0.2) is 0 Å². The molecule has 0 amide bonds. The van der Waals surface area contributed by atoms with Gasteiger partial charge in [-0.15, -0.1) is 0 Å². The maximum atomic E-state index is 5.00. The fourth-order valence-electron chi connectivity index (χ4n) is 4.22. The fourth-order valence-corrected chi connectivity index (χ4v) is 5.11. The maximum Gasteiger partial charge on any atom is 0.0802 e. The van der Waals surface area contributed by atoms with Crippen LogP contribution >= 0.6 is 31.9 Å². The fraction of sp³-hybridized carbons (Fsp3) is 0.200. The second-order valence-electron chi connectivity index (χ2n) is 7.79. The third-order valence-corrected chi connectivity index (χ3v) is 7.53. The number of aromatic nitrogens is 4. The van der Waals surface area contributed by atoms with Crippen LogP contribution in [0.1, 0.15) is 60.9 Å². The third kappa shape index (κ3) is 3.72. The summed E-state index contributed by atoms with van der Waals surface area (Å²) in [5, 5.41) is 0. The molecule has 3 aromatic heterocycles. The number of rotatable bonds is 3. The Kier molecular flexibility index (Phi) is 5.44. The first-order valence-electron chi connectivity index (χ1n) is 10.5. The molecule has 0 radical (unpaired) electrons. The molecule has 0 fully saturated rings. The number of nitrogens with one attached hydrogen (secondary N) is 2.